The smallest absolute Gasteiger partial charge is 0.225 e. The van der Waals surface area contributed by atoms with Crippen LogP contribution in [0.5, 0.6) is 0 Å². The first-order chi connectivity index (χ1) is 12.5. The molecule has 0 aliphatic carbocycles. The minimum Gasteiger partial charge on any atom is -0.339 e. The molecule has 0 saturated carbocycles. The van der Waals surface area contributed by atoms with E-state index >= 15 is 0 Å². The summed E-state index contributed by atoms with van der Waals surface area (Å²) in [6.45, 7) is 4.05. The Kier molecular flexibility index (Phi) is 4.34. The normalized spacial score (nSPS) is 11.1. The zero-order valence-electron chi connectivity index (χ0n) is 14.2. The number of aromatic nitrogens is 2. The number of hydrogen-bond donors (Lipinski definition) is 1. The molecule has 0 bridgehead atoms. The average molecular weight is 384 g/mol. The highest BCUT2D eigenvalue weighted by Crippen LogP contribution is 2.42. The van der Waals surface area contributed by atoms with Crippen LogP contribution in [0.25, 0.3) is 21.3 Å². The van der Waals surface area contributed by atoms with Gasteiger partial charge in [-0.1, -0.05) is 30.3 Å². The van der Waals surface area contributed by atoms with E-state index in [9.17, 15) is 4.39 Å². The Bertz CT molecular complexity index is 1110. The molecule has 2 aromatic carbocycles. The molecule has 130 valence electrons. The van der Waals surface area contributed by atoms with Gasteiger partial charge in [0, 0.05) is 16.1 Å². The van der Waals surface area contributed by atoms with Gasteiger partial charge in [0.2, 0.25) is 5.28 Å². The number of thiophene rings is 1. The lowest BCUT2D eigenvalue weighted by molar-refractivity contribution is 0.628. The molecule has 0 atom stereocenters. The largest absolute Gasteiger partial charge is 0.339 e. The minimum atomic E-state index is -0.261. The zero-order chi connectivity index (χ0) is 18.3. The van der Waals surface area contributed by atoms with Gasteiger partial charge in [-0.05, 0) is 54.8 Å². The van der Waals surface area contributed by atoms with Crippen LogP contribution in [-0.2, 0) is 0 Å². The van der Waals surface area contributed by atoms with Crippen molar-refractivity contribution < 1.29 is 4.39 Å². The van der Waals surface area contributed by atoms with Crippen LogP contribution >= 0.6 is 22.9 Å². The number of nitrogens with zero attached hydrogens (tertiary/aromatic N) is 2. The third kappa shape index (κ3) is 3.04. The third-order valence-corrected chi connectivity index (χ3v) is 5.40. The molecule has 26 heavy (non-hydrogen) atoms. The van der Waals surface area contributed by atoms with Gasteiger partial charge in [-0.25, -0.2) is 9.37 Å². The van der Waals surface area contributed by atoms with Crippen molar-refractivity contribution in [2.75, 3.05) is 5.32 Å². The SMILES string of the molecule is Cc1ccccc1Nc1nc(Cl)nc2sc(C)c(-c3ccc(F)cc3)c12. The average Bonchev–Trinajstić information content (AvgIpc) is 2.93. The van der Waals surface area contributed by atoms with E-state index in [4.69, 9.17) is 11.6 Å². The molecule has 0 saturated heterocycles. The molecule has 0 spiro atoms. The van der Waals surface area contributed by atoms with Crippen molar-refractivity contribution in [2.45, 2.75) is 13.8 Å². The molecular formula is C20H15ClFN3S. The lowest BCUT2D eigenvalue weighted by Crippen LogP contribution is -1.98. The highest BCUT2D eigenvalue weighted by Gasteiger charge is 2.18. The number of halogens is 2. The zero-order valence-corrected chi connectivity index (χ0v) is 15.7. The van der Waals surface area contributed by atoms with Gasteiger partial charge >= 0.3 is 0 Å². The Labute approximate surface area is 159 Å². The second-order valence-corrected chi connectivity index (χ2v) is 7.54. The first-order valence-electron chi connectivity index (χ1n) is 8.08. The molecule has 1 N–H and O–H groups in total. The topological polar surface area (TPSA) is 37.8 Å². The van der Waals surface area contributed by atoms with Crippen LogP contribution in [0.2, 0.25) is 5.28 Å². The lowest BCUT2D eigenvalue weighted by atomic mass is 10.0. The molecule has 0 amide bonds. The Morgan fingerprint density at radius 2 is 1.73 bits per heavy atom. The molecule has 0 aliphatic heterocycles. The molecule has 2 aromatic heterocycles. The highest BCUT2D eigenvalue weighted by atomic mass is 35.5. The maximum Gasteiger partial charge on any atom is 0.225 e. The predicted octanol–water partition coefficient (Wildman–Crippen LogP) is 6.51. The van der Waals surface area contributed by atoms with Gasteiger partial charge in [-0.2, -0.15) is 4.98 Å². The fraction of sp³-hybridized carbons (Fsp3) is 0.100. The number of para-hydroxylation sites is 1. The second-order valence-electron chi connectivity index (χ2n) is 6.00. The van der Waals surface area contributed by atoms with E-state index in [0.717, 1.165) is 37.5 Å². The molecule has 0 fully saturated rings. The van der Waals surface area contributed by atoms with Crippen molar-refractivity contribution in [1.82, 2.24) is 9.97 Å². The Hall–Kier alpha value is -2.50. The third-order valence-electron chi connectivity index (χ3n) is 4.23. The molecule has 0 unspecified atom stereocenters. The van der Waals surface area contributed by atoms with Gasteiger partial charge in [0.25, 0.3) is 0 Å². The molecule has 6 heteroatoms. The first-order valence-corrected chi connectivity index (χ1v) is 9.27. The van der Waals surface area contributed by atoms with Crippen molar-refractivity contribution in [3.63, 3.8) is 0 Å². The fourth-order valence-electron chi connectivity index (χ4n) is 2.98. The van der Waals surface area contributed by atoms with Gasteiger partial charge in [0.15, 0.2) is 0 Å². The van der Waals surface area contributed by atoms with Crippen molar-refractivity contribution in [3.8, 4) is 11.1 Å². The number of nitrogens with one attached hydrogen (secondary N) is 1. The molecule has 4 aromatic rings. The number of aryl methyl sites for hydroxylation is 2. The van der Waals surface area contributed by atoms with Gasteiger partial charge < -0.3 is 5.32 Å². The van der Waals surface area contributed by atoms with Crippen molar-refractivity contribution in [3.05, 3.63) is 70.1 Å². The van der Waals surface area contributed by atoms with Gasteiger partial charge in [0.1, 0.15) is 16.5 Å². The standard InChI is InChI=1S/C20H15ClFN3S/c1-11-5-3-4-6-15(11)23-18-17-16(13-7-9-14(22)10-8-13)12(2)26-19(17)25-20(21)24-18/h3-10H,1-2H3,(H,23,24,25). The molecule has 0 aliphatic rings. The monoisotopic (exact) mass is 383 g/mol. The van der Waals surface area contributed by atoms with Crippen LogP contribution in [0, 0.1) is 19.7 Å². The van der Waals surface area contributed by atoms with Crippen LogP contribution in [0.3, 0.4) is 0 Å². The number of benzene rings is 2. The fourth-order valence-corrected chi connectivity index (χ4v) is 4.24. The van der Waals surface area contributed by atoms with E-state index in [-0.39, 0.29) is 11.1 Å². The van der Waals surface area contributed by atoms with Crippen LogP contribution in [0.15, 0.2) is 48.5 Å². The van der Waals surface area contributed by atoms with Crippen LogP contribution in [-0.4, -0.2) is 9.97 Å². The second kappa shape index (κ2) is 6.67. The summed E-state index contributed by atoms with van der Waals surface area (Å²) >= 11 is 7.70. The maximum absolute atomic E-state index is 13.4. The summed E-state index contributed by atoms with van der Waals surface area (Å²) in [5.41, 5.74) is 3.98. The predicted molar refractivity (Wildman–Crippen MR) is 107 cm³/mol. The summed E-state index contributed by atoms with van der Waals surface area (Å²) in [5, 5.41) is 4.48. The summed E-state index contributed by atoms with van der Waals surface area (Å²) in [4.78, 5) is 10.7. The number of rotatable bonds is 3. The Morgan fingerprint density at radius 1 is 1.00 bits per heavy atom. The van der Waals surface area contributed by atoms with E-state index < -0.39 is 0 Å². The summed E-state index contributed by atoms with van der Waals surface area (Å²) in [7, 11) is 0. The van der Waals surface area contributed by atoms with Gasteiger partial charge in [-0.3, -0.25) is 0 Å². The molecular weight excluding hydrogens is 369 g/mol. The molecule has 0 radical (unpaired) electrons. The minimum absolute atomic E-state index is 0.195. The Balaban J connectivity index is 1.95. The highest BCUT2D eigenvalue weighted by molar-refractivity contribution is 7.19. The number of hydrogen-bond acceptors (Lipinski definition) is 4. The molecule has 4 rings (SSSR count). The number of fused-ring (bicyclic) bond motifs is 1. The quantitative estimate of drug-likeness (QED) is 0.410. The van der Waals surface area contributed by atoms with Crippen LogP contribution in [0.1, 0.15) is 10.4 Å². The lowest BCUT2D eigenvalue weighted by Gasteiger charge is -2.11. The van der Waals surface area contributed by atoms with Gasteiger partial charge in [0.05, 0.1) is 5.39 Å². The van der Waals surface area contributed by atoms with Gasteiger partial charge in [-0.15, -0.1) is 11.3 Å². The van der Waals surface area contributed by atoms with E-state index in [1.165, 1.54) is 12.1 Å². The van der Waals surface area contributed by atoms with E-state index in [2.05, 4.69) is 15.3 Å². The molecule has 3 nitrogen and oxygen atoms in total. The number of anilines is 2. The van der Waals surface area contributed by atoms with Crippen molar-refractivity contribution >= 4 is 44.7 Å². The Morgan fingerprint density at radius 3 is 2.46 bits per heavy atom. The first kappa shape index (κ1) is 16.9. The summed E-state index contributed by atoms with van der Waals surface area (Å²) in [6, 6.07) is 14.5. The summed E-state index contributed by atoms with van der Waals surface area (Å²) in [6.07, 6.45) is 0. The van der Waals surface area contributed by atoms with Crippen molar-refractivity contribution in [1.29, 1.82) is 0 Å². The maximum atomic E-state index is 13.4. The van der Waals surface area contributed by atoms with Crippen molar-refractivity contribution in [2.24, 2.45) is 0 Å². The summed E-state index contributed by atoms with van der Waals surface area (Å²) in [5.74, 6) is 0.390. The van der Waals surface area contributed by atoms with E-state index in [1.54, 1.807) is 23.5 Å². The van der Waals surface area contributed by atoms with E-state index in [1.807, 2.05) is 38.1 Å². The van der Waals surface area contributed by atoms with E-state index in [0.29, 0.717) is 5.82 Å². The summed E-state index contributed by atoms with van der Waals surface area (Å²) < 4.78 is 13.4. The molecule has 2 heterocycles. The van der Waals surface area contributed by atoms with Crippen LogP contribution < -0.4 is 5.32 Å². The van der Waals surface area contributed by atoms with Crippen LogP contribution in [0.4, 0.5) is 15.9 Å².